The van der Waals surface area contributed by atoms with E-state index in [4.69, 9.17) is 9.47 Å². The fourth-order valence-electron chi connectivity index (χ4n) is 3.69. The number of nitrogens with one attached hydrogen (secondary N) is 1. The highest BCUT2D eigenvalue weighted by atomic mass is 16.7. The first-order valence-electron chi connectivity index (χ1n) is 9.47. The van der Waals surface area contributed by atoms with E-state index in [2.05, 4.69) is 16.3 Å². The molecule has 0 aliphatic carbocycles. The first-order valence-corrected chi connectivity index (χ1v) is 9.47. The summed E-state index contributed by atoms with van der Waals surface area (Å²) in [6.07, 6.45) is 13.6. The summed E-state index contributed by atoms with van der Waals surface area (Å²) < 4.78 is 10.8. The molecule has 1 aromatic carbocycles. The van der Waals surface area contributed by atoms with Crippen LogP contribution in [0.3, 0.4) is 0 Å². The monoisotopic (exact) mass is 375 g/mol. The highest BCUT2D eigenvalue weighted by molar-refractivity contribution is 6.00. The van der Waals surface area contributed by atoms with Gasteiger partial charge in [0.1, 0.15) is 0 Å². The zero-order valence-corrected chi connectivity index (χ0v) is 15.4. The molecule has 4 heterocycles. The van der Waals surface area contributed by atoms with Gasteiger partial charge in [-0.1, -0.05) is 18.2 Å². The molecule has 1 fully saturated rings. The molecule has 0 bridgehead atoms. The lowest BCUT2D eigenvalue weighted by molar-refractivity contribution is -0.122. The Balaban J connectivity index is 1.46. The highest BCUT2D eigenvalue weighted by Crippen LogP contribution is 2.35. The molecule has 6 nitrogen and oxygen atoms in total. The number of rotatable bonds is 2. The Labute approximate surface area is 163 Å². The average Bonchev–Trinajstić information content (AvgIpc) is 3.20. The molecule has 0 atom stereocenters. The van der Waals surface area contributed by atoms with Crippen molar-refractivity contribution in [3.8, 4) is 11.5 Å². The fourth-order valence-corrected chi connectivity index (χ4v) is 3.69. The van der Waals surface area contributed by atoms with E-state index in [0.29, 0.717) is 5.75 Å². The van der Waals surface area contributed by atoms with Gasteiger partial charge in [-0.15, -0.1) is 0 Å². The van der Waals surface area contributed by atoms with E-state index in [1.807, 2.05) is 48.7 Å². The molecule has 28 heavy (non-hydrogen) atoms. The van der Waals surface area contributed by atoms with Gasteiger partial charge < -0.3 is 19.7 Å². The van der Waals surface area contributed by atoms with Gasteiger partial charge in [-0.3, -0.25) is 9.69 Å². The summed E-state index contributed by atoms with van der Waals surface area (Å²) in [6.45, 7) is 4.03. The van der Waals surface area contributed by atoms with Gasteiger partial charge >= 0.3 is 0 Å². The molecule has 1 aromatic rings. The second-order valence-corrected chi connectivity index (χ2v) is 6.95. The van der Waals surface area contributed by atoms with Crippen molar-refractivity contribution >= 4 is 11.5 Å². The van der Waals surface area contributed by atoms with Gasteiger partial charge in [-0.2, -0.15) is 0 Å². The van der Waals surface area contributed by atoms with Crippen LogP contribution in [0, 0.1) is 0 Å². The topological polar surface area (TPSA) is 54.0 Å². The van der Waals surface area contributed by atoms with Gasteiger partial charge in [0.25, 0.3) is 5.91 Å². The van der Waals surface area contributed by atoms with Crippen LogP contribution in [0.1, 0.15) is 5.56 Å². The van der Waals surface area contributed by atoms with E-state index >= 15 is 0 Å². The molecule has 0 saturated carbocycles. The predicted molar refractivity (Wildman–Crippen MR) is 106 cm³/mol. The van der Waals surface area contributed by atoms with Gasteiger partial charge in [-0.05, 0) is 41.5 Å². The van der Waals surface area contributed by atoms with E-state index in [0.717, 1.165) is 54.5 Å². The third kappa shape index (κ3) is 3.12. The summed E-state index contributed by atoms with van der Waals surface area (Å²) in [6, 6.07) is 5.74. The Bertz CT molecular complexity index is 965. The summed E-state index contributed by atoms with van der Waals surface area (Å²) in [5.41, 5.74) is 3.69. The summed E-state index contributed by atoms with van der Waals surface area (Å²) in [7, 11) is 0. The molecule has 4 aliphatic rings. The minimum Gasteiger partial charge on any atom is -0.454 e. The molecule has 0 radical (unpaired) electrons. The number of piperazine rings is 1. The number of amides is 1. The number of nitrogens with zero attached hydrogens (tertiary/aromatic N) is 2. The lowest BCUT2D eigenvalue weighted by Gasteiger charge is -2.33. The second-order valence-electron chi connectivity index (χ2n) is 6.95. The van der Waals surface area contributed by atoms with Gasteiger partial charge in [-0.25, -0.2) is 0 Å². The van der Waals surface area contributed by atoms with Crippen LogP contribution in [-0.2, 0) is 4.79 Å². The summed E-state index contributed by atoms with van der Waals surface area (Å²) >= 11 is 0. The van der Waals surface area contributed by atoms with Crippen LogP contribution in [0.25, 0.3) is 5.57 Å². The quantitative estimate of drug-likeness (QED) is 0.860. The third-order valence-electron chi connectivity index (χ3n) is 5.21. The molecule has 4 aliphatic heterocycles. The van der Waals surface area contributed by atoms with Gasteiger partial charge in [0.2, 0.25) is 6.79 Å². The van der Waals surface area contributed by atoms with Crippen molar-refractivity contribution in [1.82, 2.24) is 15.1 Å². The van der Waals surface area contributed by atoms with Crippen molar-refractivity contribution < 1.29 is 14.3 Å². The summed E-state index contributed by atoms with van der Waals surface area (Å²) in [5, 5.41) is 3.36. The number of fused-ring (bicyclic) bond motifs is 2. The number of hydrogen-bond acceptors (Lipinski definition) is 5. The molecular weight excluding hydrogens is 354 g/mol. The molecule has 0 spiro atoms. The molecule has 0 aromatic heterocycles. The molecule has 142 valence electrons. The van der Waals surface area contributed by atoms with E-state index in [1.165, 1.54) is 0 Å². The second kappa shape index (κ2) is 7.05. The third-order valence-corrected chi connectivity index (χ3v) is 5.21. The molecule has 5 rings (SSSR count). The first kappa shape index (κ1) is 16.9. The highest BCUT2D eigenvalue weighted by Gasteiger charge is 2.22. The number of carbonyl (C=O) groups is 1. The zero-order valence-electron chi connectivity index (χ0n) is 15.4. The van der Waals surface area contributed by atoms with E-state index < -0.39 is 0 Å². The van der Waals surface area contributed by atoms with E-state index in [9.17, 15) is 4.79 Å². The van der Waals surface area contributed by atoms with Crippen molar-refractivity contribution in [3.05, 3.63) is 77.8 Å². The lowest BCUT2D eigenvalue weighted by Crippen LogP contribution is -2.43. The Morgan fingerprint density at radius 2 is 1.79 bits per heavy atom. The largest absolute Gasteiger partial charge is 0.454 e. The van der Waals surface area contributed by atoms with E-state index in [-0.39, 0.29) is 12.7 Å². The Hall–Kier alpha value is -3.25. The van der Waals surface area contributed by atoms with Crippen LogP contribution in [-0.4, -0.2) is 48.7 Å². The minimum atomic E-state index is -0.0692. The van der Waals surface area contributed by atoms with Crippen molar-refractivity contribution in [2.75, 3.05) is 33.0 Å². The van der Waals surface area contributed by atoms with Crippen LogP contribution in [0.2, 0.25) is 0 Å². The van der Waals surface area contributed by atoms with Crippen molar-refractivity contribution in [2.24, 2.45) is 0 Å². The molecule has 1 amide bonds. The van der Waals surface area contributed by atoms with Crippen LogP contribution in [0.4, 0.5) is 0 Å². The standard InChI is InChI=1S/C22H21N3O3/c26-22-13-16(17-4-7-20-21(12-17)28-15-27-20)2-1-3-18-5-6-19(14-25(18)22)24-10-8-23-9-11-24/h1-7,12-14,23H,8-11,15H2/b2-1+,16-13+,18-3+. The predicted octanol–water partition coefficient (Wildman–Crippen LogP) is 2.40. The molecule has 0 unspecified atom stereocenters. The van der Waals surface area contributed by atoms with Crippen molar-refractivity contribution in [3.63, 3.8) is 0 Å². The van der Waals surface area contributed by atoms with Gasteiger partial charge in [0, 0.05) is 44.2 Å². The average molecular weight is 375 g/mol. The summed E-state index contributed by atoms with van der Waals surface area (Å²) in [4.78, 5) is 17.1. The molecule has 1 N–H and O–H groups in total. The SMILES string of the molecule is O=C1\C=C(c2ccc3c(c2)OCO3)/C=C/C=C2\C=CC(N3CCNCC3)=CN12. The number of ether oxygens (including phenoxy) is 2. The number of allylic oxidation sites excluding steroid dienone is 6. The van der Waals surface area contributed by atoms with Crippen LogP contribution in [0.5, 0.6) is 11.5 Å². The Morgan fingerprint density at radius 3 is 2.68 bits per heavy atom. The van der Waals surface area contributed by atoms with Gasteiger partial charge in [0.05, 0.1) is 5.70 Å². The maximum Gasteiger partial charge on any atom is 0.255 e. The van der Waals surface area contributed by atoms with Crippen LogP contribution in [0.15, 0.2) is 72.2 Å². The van der Waals surface area contributed by atoms with Crippen LogP contribution >= 0.6 is 0 Å². The molecule has 6 heteroatoms. The maximum absolute atomic E-state index is 13.1. The molecular formula is C22H21N3O3. The van der Waals surface area contributed by atoms with Gasteiger partial charge in [0.15, 0.2) is 11.5 Å². The van der Waals surface area contributed by atoms with Crippen molar-refractivity contribution in [1.29, 1.82) is 0 Å². The normalized spacial score (nSPS) is 25.7. The smallest absolute Gasteiger partial charge is 0.255 e. The summed E-state index contributed by atoms with van der Waals surface area (Å²) in [5.74, 6) is 1.37. The van der Waals surface area contributed by atoms with E-state index in [1.54, 1.807) is 11.0 Å². The van der Waals surface area contributed by atoms with Crippen molar-refractivity contribution in [2.45, 2.75) is 0 Å². The zero-order chi connectivity index (χ0) is 18.9. The fraction of sp³-hybridized carbons (Fsp3) is 0.227. The minimum absolute atomic E-state index is 0.0692. The molecule has 1 saturated heterocycles. The number of carbonyl (C=O) groups excluding carboxylic acids is 1. The Morgan fingerprint density at radius 1 is 0.964 bits per heavy atom. The number of benzene rings is 1. The first-order chi connectivity index (χ1) is 13.8. The van der Waals surface area contributed by atoms with Crippen LogP contribution < -0.4 is 14.8 Å². The number of hydrogen-bond donors (Lipinski definition) is 1. The maximum atomic E-state index is 13.1. The Kier molecular flexibility index (Phi) is 4.25. The lowest BCUT2D eigenvalue weighted by atomic mass is 10.0.